The van der Waals surface area contributed by atoms with Gasteiger partial charge in [0, 0.05) is 28.2 Å². The summed E-state index contributed by atoms with van der Waals surface area (Å²) < 4.78 is 2.88. The van der Waals surface area contributed by atoms with Crippen LogP contribution in [0.5, 0.6) is 0 Å². The second-order valence-corrected chi connectivity index (χ2v) is 14.3. The average Bonchev–Trinajstić information content (AvgIpc) is 3.05. The van der Waals surface area contributed by atoms with Crippen molar-refractivity contribution >= 4 is 56.1 Å². The minimum atomic E-state index is -1.39. The zero-order valence-corrected chi connectivity index (χ0v) is 18.7. The maximum atomic E-state index is 2.44. The van der Waals surface area contributed by atoms with Gasteiger partial charge in [0.25, 0.3) is 0 Å². The van der Waals surface area contributed by atoms with Crippen LogP contribution in [0.2, 0.25) is 19.6 Å². The number of hydrogen-bond donors (Lipinski definition) is 0. The monoisotopic (exact) mass is 389 g/mol. The van der Waals surface area contributed by atoms with Gasteiger partial charge in [-0.2, -0.15) is 0 Å². The van der Waals surface area contributed by atoms with Crippen LogP contribution in [-0.4, -0.2) is 15.1 Å². The fraction of sp³-hybridized carbons (Fsp3) is 0.250. The Morgan fingerprint density at radius 3 is 2.11 bits per heavy atom. The first-order chi connectivity index (χ1) is 12.9. The van der Waals surface area contributed by atoms with Crippen molar-refractivity contribution in [3.8, 4) is 0 Å². The molecule has 0 atom stereocenters. The van der Waals surface area contributed by atoms with Crippen molar-refractivity contribution in [1.82, 2.24) is 0 Å². The van der Waals surface area contributed by atoms with Crippen molar-refractivity contribution in [2.45, 2.75) is 33.0 Å². The van der Waals surface area contributed by atoms with E-state index in [2.05, 4.69) is 99.2 Å². The Hall–Kier alpha value is -2.10. The molecule has 0 aliphatic heterocycles. The van der Waals surface area contributed by atoms with Crippen molar-refractivity contribution in [3.05, 3.63) is 66.2 Å². The van der Waals surface area contributed by atoms with Crippen molar-refractivity contribution in [3.63, 3.8) is 0 Å². The van der Waals surface area contributed by atoms with Gasteiger partial charge in [0.05, 0.1) is 18.5 Å². The van der Waals surface area contributed by atoms with E-state index in [-0.39, 0.29) is 0 Å². The molecule has 27 heavy (non-hydrogen) atoms. The fourth-order valence-electron chi connectivity index (χ4n) is 3.93. The molecule has 0 fully saturated rings. The van der Waals surface area contributed by atoms with Crippen molar-refractivity contribution < 1.29 is 0 Å². The summed E-state index contributed by atoms with van der Waals surface area (Å²) in [6, 6.07) is 22.4. The maximum absolute atomic E-state index is 2.44. The number of nitrogens with zero attached hydrogens (tertiary/aromatic N) is 1. The van der Waals surface area contributed by atoms with E-state index in [0.717, 1.165) is 6.42 Å². The third-order valence-electron chi connectivity index (χ3n) is 5.41. The van der Waals surface area contributed by atoms with E-state index in [0.29, 0.717) is 0 Å². The second-order valence-electron chi connectivity index (χ2n) is 8.23. The number of benzene rings is 3. The lowest BCUT2D eigenvalue weighted by Gasteiger charge is -2.23. The summed E-state index contributed by atoms with van der Waals surface area (Å²) in [6.45, 7) is 9.55. The summed E-state index contributed by atoms with van der Waals surface area (Å²) in [7, 11) is 0.814. The quantitative estimate of drug-likeness (QED) is 0.342. The molecule has 0 aliphatic rings. The highest BCUT2D eigenvalue weighted by atomic mass is 32.1. The predicted octanol–water partition coefficient (Wildman–Crippen LogP) is 6.93. The standard InChI is InChI=1S/C24H27NSSi/c1-6-17-11-7-8-14-20(17)25(2)21-15-9-12-18-19-13-10-16-22(27(3,4)5)24(19)26-23(18)21/h7-16H,6H2,1-5H3. The maximum Gasteiger partial charge on any atom is 0.0794 e. The molecule has 0 N–H and O–H groups in total. The van der Waals surface area contributed by atoms with Crippen LogP contribution in [0.1, 0.15) is 12.5 Å². The van der Waals surface area contributed by atoms with E-state index < -0.39 is 8.07 Å². The number of para-hydroxylation sites is 1. The van der Waals surface area contributed by atoms with Gasteiger partial charge in [-0.05, 0) is 29.3 Å². The molecule has 0 amide bonds. The lowest BCUT2D eigenvalue weighted by atomic mass is 10.1. The summed E-state index contributed by atoms with van der Waals surface area (Å²) in [5.41, 5.74) is 3.99. The summed E-state index contributed by atoms with van der Waals surface area (Å²) in [4.78, 5) is 2.37. The van der Waals surface area contributed by atoms with Crippen molar-refractivity contribution in [2.24, 2.45) is 0 Å². The van der Waals surface area contributed by atoms with Crippen LogP contribution in [0.25, 0.3) is 20.2 Å². The first-order valence-corrected chi connectivity index (χ1v) is 14.0. The Morgan fingerprint density at radius 1 is 0.778 bits per heavy atom. The molecule has 3 heteroatoms. The zero-order chi connectivity index (χ0) is 19.2. The Balaban J connectivity index is 1.98. The third-order valence-corrected chi connectivity index (χ3v) is 8.90. The van der Waals surface area contributed by atoms with Gasteiger partial charge in [0.2, 0.25) is 0 Å². The molecule has 0 radical (unpaired) electrons. The molecule has 4 rings (SSSR count). The lowest BCUT2D eigenvalue weighted by Crippen LogP contribution is -2.37. The van der Waals surface area contributed by atoms with Gasteiger partial charge in [-0.15, -0.1) is 11.3 Å². The molecule has 1 heterocycles. The highest BCUT2D eigenvalue weighted by molar-refractivity contribution is 7.28. The van der Waals surface area contributed by atoms with E-state index in [1.54, 1.807) is 5.19 Å². The summed E-state index contributed by atoms with van der Waals surface area (Å²) in [5.74, 6) is 0. The molecular formula is C24H27NSSi. The molecule has 0 saturated carbocycles. The molecule has 1 aromatic heterocycles. The van der Waals surface area contributed by atoms with Gasteiger partial charge in [-0.1, -0.05) is 75.1 Å². The number of fused-ring (bicyclic) bond motifs is 3. The minimum absolute atomic E-state index is 1.04. The number of aryl methyl sites for hydroxylation is 1. The second kappa shape index (κ2) is 6.81. The third kappa shape index (κ3) is 3.09. The Labute approximate surface area is 167 Å². The Kier molecular flexibility index (Phi) is 4.61. The number of hydrogen-bond acceptors (Lipinski definition) is 2. The largest absolute Gasteiger partial charge is 0.343 e. The van der Waals surface area contributed by atoms with E-state index in [1.807, 2.05) is 11.3 Å². The Morgan fingerprint density at radius 2 is 1.41 bits per heavy atom. The van der Waals surface area contributed by atoms with E-state index in [9.17, 15) is 0 Å². The lowest BCUT2D eigenvalue weighted by molar-refractivity contribution is 1.10. The van der Waals surface area contributed by atoms with E-state index >= 15 is 0 Å². The van der Waals surface area contributed by atoms with Crippen LogP contribution in [0, 0.1) is 0 Å². The first kappa shape index (κ1) is 18.3. The smallest absolute Gasteiger partial charge is 0.0794 e. The van der Waals surface area contributed by atoms with Gasteiger partial charge < -0.3 is 4.90 Å². The summed E-state index contributed by atoms with van der Waals surface area (Å²) in [6.07, 6.45) is 1.04. The van der Waals surface area contributed by atoms with Gasteiger partial charge >= 0.3 is 0 Å². The molecule has 4 aromatic rings. The molecule has 138 valence electrons. The zero-order valence-electron chi connectivity index (χ0n) is 16.8. The molecule has 0 bridgehead atoms. The first-order valence-electron chi connectivity index (χ1n) is 9.68. The van der Waals surface area contributed by atoms with Crippen molar-refractivity contribution in [1.29, 1.82) is 0 Å². The molecule has 1 nitrogen and oxygen atoms in total. The molecule has 0 saturated heterocycles. The van der Waals surface area contributed by atoms with Crippen LogP contribution in [0.4, 0.5) is 11.4 Å². The van der Waals surface area contributed by atoms with E-state index in [1.165, 1.54) is 37.1 Å². The normalized spacial score (nSPS) is 12.0. The fourth-order valence-corrected chi connectivity index (χ4v) is 7.68. The van der Waals surface area contributed by atoms with Crippen molar-refractivity contribution in [2.75, 3.05) is 11.9 Å². The number of rotatable bonds is 4. The van der Waals surface area contributed by atoms with Gasteiger partial charge in [0.1, 0.15) is 0 Å². The number of anilines is 2. The van der Waals surface area contributed by atoms with Crippen LogP contribution >= 0.6 is 11.3 Å². The summed E-state index contributed by atoms with van der Waals surface area (Å²) >= 11 is 1.97. The number of thiophene rings is 1. The van der Waals surface area contributed by atoms with Crippen LogP contribution in [-0.2, 0) is 6.42 Å². The highest BCUT2D eigenvalue weighted by Crippen LogP contribution is 2.41. The molecule has 0 spiro atoms. The average molecular weight is 390 g/mol. The van der Waals surface area contributed by atoms with E-state index in [4.69, 9.17) is 0 Å². The topological polar surface area (TPSA) is 3.24 Å². The molecule has 0 unspecified atom stereocenters. The van der Waals surface area contributed by atoms with Gasteiger partial charge in [-0.25, -0.2) is 0 Å². The van der Waals surface area contributed by atoms with Crippen LogP contribution < -0.4 is 10.1 Å². The summed E-state index contributed by atoms with van der Waals surface area (Å²) in [5, 5.41) is 4.37. The SMILES string of the molecule is CCc1ccccc1N(C)c1cccc2c1sc1c([Si](C)(C)C)cccc12. The minimum Gasteiger partial charge on any atom is -0.343 e. The van der Waals surface area contributed by atoms with Gasteiger partial charge in [-0.3, -0.25) is 0 Å². The predicted molar refractivity (Wildman–Crippen MR) is 126 cm³/mol. The van der Waals surface area contributed by atoms with Crippen LogP contribution in [0.3, 0.4) is 0 Å². The Bertz CT molecular complexity index is 1120. The highest BCUT2D eigenvalue weighted by Gasteiger charge is 2.22. The molecular weight excluding hydrogens is 362 g/mol. The molecule has 0 aliphatic carbocycles. The molecule has 3 aromatic carbocycles. The van der Waals surface area contributed by atoms with Gasteiger partial charge in [0.15, 0.2) is 0 Å². The van der Waals surface area contributed by atoms with Crippen LogP contribution in [0.15, 0.2) is 60.7 Å².